The average Bonchev–Trinajstić information content (AvgIpc) is 3.09. The van der Waals surface area contributed by atoms with Crippen LogP contribution in [-0.4, -0.2) is 40.1 Å². The molecule has 9 heteroatoms. The second kappa shape index (κ2) is 6.50. The summed E-state index contributed by atoms with van der Waals surface area (Å²) in [6, 6.07) is 3.81. The van der Waals surface area contributed by atoms with Crippen molar-refractivity contribution in [1.29, 1.82) is 0 Å². The second-order valence-electron chi connectivity index (χ2n) is 5.52. The predicted molar refractivity (Wildman–Crippen MR) is 78.3 cm³/mol. The lowest BCUT2D eigenvalue weighted by Crippen LogP contribution is -2.42. The molecule has 6 nitrogen and oxygen atoms in total. The van der Waals surface area contributed by atoms with Crippen LogP contribution in [0.1, 0.15) is 28.9 Å². The Morgan fingerprint density at radius 1 is 1.21 bits per heavy atom. The Hall–Kier alpha value is -2.58. The molecule has 0 aromatic carbocycles. The van der Waals surface area contributed by atoms with Crippen LogP contribution in [0.2, 0.25) is 0 Å². The number of furan rings is 1. The van der Waals surface area contributed by atoms with Crippen molar-refractivity contribution in [2.24, 2.45) is 0 Å². The molecule has 0 aliphatic carbocycles. The second-order valence-corrected chi connectivity index (χ2v) is 5.52. The minimum atomic E-state index is -4.50. The highest BCUT2D eigenvalue weighted by atomic mass is 19.4. The number of rotatable bonds is 3. The molecule has 1 aliphatic rings. The molecule has 0 saturated carbocycles. The number of nitrogens with one attached hydrogen (secondary N) is 1. The van der Waals surface area contributed by atoms with Gasteiger partial charge in [-0.3, -0.25) is 4.79 Å². The number of carbonyl (C=O) groups is 1. The van der Waals surface area contributed by atoms with Crippen LogP contribution in [0.15, 0.2) is 35.1 Å². The monoisotopic (exact) mass is 340 g/mol. The molecule has 3 heterocycles. The van der Waals surface area contributed by atoms with Gasteiger partial charge in [0.25, 0.3) is 5.91 Å². The van der Waals surface area contributed by atoms with E-state index in [0.29, 0.717) is 37.3 Å². The van der Waals surface area contributed by atoms with E-state index in [1.807, 2.05) is 0 Å². The fraction of sp³-hybridized carbons (Fsp3) is 0.400. The van der Waals surface area contributed by atoms with Crippen LogP contribution >= 0.6 is 0 Å². The van der Waals surface area contributed by atoms with E-state index in [0.717, 1.165) is 6.07 Å². The fourth-order valence-corrected chi connectivity index (χ4v) is 2.57. The lowest BCUT2D eigenvalue weighted by Gasteiger charge is -2.32. The number of piperidine rings is 1. The highest BCUT2D eigenvalue weighted by molar-refractivity contribution is 5.93. The molecule has 1 fully saturated rings. The normalized spacial score (nSPS) is 16.2. The lowest BCUT2D eigenvalue weighted by atomic mass is 10.0. The number of amides is 1. The van der Waals surface area contributed by atoms with E-state index in [1.54, 1.807) is 11.0 Å². The summed E-state index contributed by atoms with van der Waals surface area (Å²) < 4.78 is 42.2. The number of hydrogen-bond acceptors (Lipinski definition) is 5. The molecule has 1 saturated heterocycles. The van der Waals surface area contributed by atoms with Gasteiger partial charge in [-0.2, -0.15) is 13.2 Å². The van der Waals surface area contributed by atoms with Crippen LogP contribution in [0.3, 0.4) is 0 Å². The smallest absolute Gasteiger partial charge is 0.435 e. The van der Waals surface area contributed by atoms with Crippen molar-refractivity contribution in [2.45, 2.75) is 25.1 Å². The van der Waals surface area contributed by atoms with Gasteiger partial charge in [0.05, 0.1) is 11.8 Å². The molecule has 24 heavy (non-hydrogen) atoms. The summed E-state index contributed by atoms with van der Waals surface area (Å²) >= 11 is 0. The van der Waals surface area contributed by atoms with Gasteiger partial charge in [0.15, 0.2) is 5.69 Å². The summed E-state index contributed by atoms with van der Waals surface area (Å²) in [6.07, 6.45) is -0.293. The van der Waals surface area contributed by atoms with Crippen molar-refractivity contribution in [1.82, 2.24) is 15.1 Å². The summed E-state index contributed by atoms with van der Waals surface area (Å²) in [5.41, 5.74) is -0.511. The van der Waals surface area contributed by atoms with E-state index in [-0.39, 0.29) is 11.9 Å². The van der Waals surface area contributed by atoms with Crippen LogP contribution < -0.4 is 5.32 Å². The Morgan fingerprint density at radius 2 is 1.96 bits per heavy atom. The molecule has 1 amide bonds. The maximum absolute atomic E-state index is 12.4. The van der Waals surface area contributed by atoms with Gasteiger partial charge in [0.1, 0.15) is 12.1 Å². The summed E-state index contributed by atoms with van der Waals surface area (Å²) in [6.45, 7) is 1.10. The van der Waals surface area contributed by atoms with Gasteiger partial charge in [-0.1, -0.05) is 0 Å². The van der Waals surface area contributed by atoms with E-state index in [2.05, 4.69) is 15.5 Å². The molecule has 0 bridgehead atoms. The van der Waals surface area contributed by atoms with Crippen molar-refractivity contribution in [3.05, 3.63) is 42.0 Å². The fourth-order valence-electron chi connectivity index (χ4n) is 2.57. The topological polar surface area (TPSA) is 71.3 Å². The highest BCUT2D eigenvalue weighted by Crippen LogP contribution is 2.27. The van der Waals surface area contributed by atoms with Gasteiger partial charge < -0.3 is 14.6 Å². The maximum atomic E-state index is 12.4. The maximum Gasteiger partial charge on any atom is 0.435 e. The number of aromatic nitrogens is 2. The van der Waals surface area contributed by atoms with Crippen LogP contribution in [0, 0.1) is 0 Å². The van der Waals surface area contributed by atoms with E-state index in [4.69, 9.17) is 4.42 Å². The Bertz CT molecular complexity index is 678. The molecule has 0 unspecified atom stereocenters. The van der Waals surface area contributed by atoms with Crippen LogP contribution in [-0.2, 0) is 6.18 Å². The molecular formula is C15H15F3N4O2. The van der Waals surface area contributed by atoms with Gasteiger partial charge in [-0.25, -0.2) is 0 Å². The van der Waals surface area contributed by atoms with Crippen molar-refractivity contribution in [2.75, 3.05) is 18.4 Å². The molecule has 0 atom stereocenters. The van der Waals surface area contributed by atoms with Gasteiger partial charge in [0, 0.05) is 19.1 Å². The van der Waals surface area contributed by atoms with Gasteiger partial charge in [-0.15, -0.1) is 10.2 Å². The lowest BCUT2D eigenvalue weighted by molar-refractivity contribution is -0.141. The molecule has 1 N–H and O–H groups in total. The predicted octanol–water partition coefficient (Wildman–Crippen LogP) is 2.81. The highest BCUT2D eigenvalue weighted by Gasteiger charge is 2.33. The third kappa shape index (κ3) is 3.66. The molecule has 0 spiro atoms. The molecule has 128 valence electrons. The largest absolute Gasteiger partial charge is 0.472 e. The summed E-state index contributed by atoms with van der Waals surface area (Å²) in [7, 11) is 0. The third-order valence-electron chi connectivity index (χ3n) is 3.86. The Kier molecular flexibility index (Phi) is 4.41. The zero-order chi connectivity index (χ0) is 17.2. The van der Waals surface area contributed by atoms with E-state index in [9.17, 15) is 18.0 Å². The SMILES string of the molecule is O=C(c1ccoc1)N1CCC(Nc2ccc(C(F)(F)F)nn2)CC1. The molecule has 0 radical (unpaired) electrons. The first-order chi connectivity index (χ1) is 11.4. The van der Waals surface area contributed by atoms with Gasteiger partial charge in [0.2, 0.25) is 0 Å². The van der Waals surface area contributed by atoms with Crippen LogP contribution in [0.5, 0.6) is 0 Å². The Labute approximate surface area is 135 Å². The van der Waals surface area contributed by atoms with Crippen LogP contribution in [0.4, 0.5) is 19.0 Å². The molecule has 3 rings (SSSR count). The van der Waals surface area contributed by atoms with Crippen molar-refractivity contribution in [3.8, 4) is 0 Å². The standard InChI is InChI=1S/C15H15F3N4O2/c16-15(17,18)12-1-2-13(21-20-12)19-11-3-6-22(7-4-11)14(23)10-5-8-24-9-10/h1-2,5,8-9,11H,3-4,6-7H2,(H,19,21). The van der Waals surface area contributed by atoms with Crippen molar-refractivity contribution in [3.63, 3.8) is 0 Å². The summed E-state index contributed by atoms with van der Waals surface area (Å²) in [5.74, 6) is 0.208. The minimum Gasteiger partial charge on any atom is -0.472 e. The first-order valence-electron chi connectivity index (χ1n) is 7.42. The molecular weight excluding hydrogens is 325 g/mol. The number of anilines is 1. The van der Waals surface area contributed by atoms with Crippen molar-refractivity contribution < 1.29 is 22.4 Å². The number of alkyl halides is 3. The quantitative estimate of drug-likeness (QED) is 0.930. The molecule has 2 aromatic heterocycles. The van der Waals surface area contributed by atoms with E-state index in [1.165, 1.54) is 18.6 Å². The zero-order valence-electron chi connectivity index (χ0n) is 12.6. The van der Waals surface area contributed by atoms with Crippen LogP contribution in [0.25, 0.3) is 0 Å². The van der Waals surface area contributed by atoms with E-state index >= 15 is 0 Å². The Balaban J connectivity index is 1.53. The Morgan fingerprint density at radius 3 is 2.50 bits per heavy atom. The average molecular weight is 340 g/mol. The number of nitrogens with zero attached hydrogens (tertiary/aromatic N) is 3. The number of carbonyl (C=O) groups excluding carboxylic acids is 1. The number of likely N-dealkylation sites (tertiary alicyclic amines) is 1. The minimum absolute atomic E-state index is 0.0319. The van der Waals surface area contributed by atoms with Gasteiger partial charge in [-0.05, 0) is 31.0 Å². The van der Waals surface area contributed by atoms with Gasteiger partial charge >= 0.3 is 6.18 Å². The summed E-state index contributed by atoms with van der Waals surface area (Å²) in [4.78, 5) is 13.9. The molecule has 1 aliphatic heterocycles. The number of halogens is 3. The van der Waals surface area contributed by atoms with E-state index < -0.39 is 11.9 Å². The number of hydrogen-bond donors (Lipinski definition) is 1. The summed E-state index contributed by atoms with van der Waals surface area (Å²) in [5, 5.41) is 9.80. The van der Waals surface area contributed by atoms with Crippen molar-refractivity contribution >= 4 is 11.7 Å². The first kappa shape index (κ1) is 16.3. The first-order valence-corrected chi connectivity index (χ1v) is 7.42. The molecule has 2 aromatic rings. The third-order valence-corrected chi connectivity index (χ3v) is 3.86. The zero-order valence-corrected chi connectivity index (χ0v) is 12.6.